The van der Waals surface area contributed by atoms with Gasteiger partial charge in [0.15, 0.2) is 0 Å². The van der Waals surface area contributed by atoms with Crippen molar-refractivity contribution in [3.05, 3.63) is 83.1 Å². The van der Waals surface area contributed by atoms with E-state index in [4.69, 9.17) is 0 Å². The molecule has 1 aliphatic heterocycles. The van der Waals surface area contributed by atoms with Gasteiger partial charge in [0.1, 0.15) is 5.00 Å². The Morgan fingerprint density at radius 2 is 1.85 bits per heavy atom. The lowest BCUT2D eigenvalue weighted by Crippen LogP contribution is -2.24. The van der Waals surface area contributed by atoms with Crippen LogP contribution in [0.15, 0.2) is 60.7 Å². The Balaban J connectivity index is 1.85. The lowest BCUT2D eigenvalue weighted by molar-refractivity contribution is -0.137. The van der Waals surface area contributed by atoms with E-state index in [2.05, 4.69) is 9.27 Å². The molecule has 0 spiro atoms. The van der Waals surface area contributed by atoms with Crippen molar-refractivity contribution in [2.45, 2.75) is 19.1 Å². The Morgan fingerprint density at radius 1 is 1.04 bits per heavy atom. The zero-order chi connectivity index (χ0) is 18.3. The number of hydrogen-bond acceptors (Lipinski definition) is 3. The van der Waals surface area contributed by atoms with E-state index in [1.165, 1.54) is 23.7 Å². The van der Waals surface area contributed by atoms with Crippen LogP contribution in [-0.2, 0) is 6.18 Å². The summed E-state index contributed by atoms with van der Waals surface area (Å²) >= 11 is 1.35. The average molecular weight is 372 g/mol. The minimum atomic E-state index is -4.36. The van der Waals surface area contributed by atoms with E-state index in [0.29, 0.717) is 5.56 Å². The third kappa shape index (κ3) is 3.01. The van der Waals surface area contributed by atoms with Crippen LogP contribution in [-0.4, -0.2) is 4.37 Å². The van der Waals surface area contributed by atoms with Gasteiger partial charge in [0.05, 0.1) is 17.3 Å². The summed E-state index contributed by atoms with van der Waals surface area (Å²) in [6.07, 6.45) is -0.463. The number of hydrogen-bond donors (Lipinski definition) is 0. The second-order valence-corrected chi connectivity index (χ2v) is 6.95. The summed E-state index contributed by atoms with van der Waals surface area (Å²) in [6, 6.07) is 15.0. The maximum atomic E-state index is 13.2. The molecule has 2 nitrogen and oxygen atoms in total. The molecule has 26 heavy (non-hydrogen) atoms. The van der Waals surface area contributed by atoms with E-state index < -0.39 is 11.7 Å². The van der Waals surface area contributed by atoms with E-state index in [-0.39, 0.29) is 6.04 Å². The topological polar surface area (TPSA) is 16.1 Å². The smallest absolute Gasteiger partial charge is 0.320 e. The summed E-state index contributed by atoms with van der Waals surface area (Å²) in [4.78, 5) is 2.05. The van der Waals surface area contributed by atoms with Gasteiger partial charge in [-0.3, -0.25) is 0 Å². The van der Waals surface area contributed by atoms with E-state index in [1.807, 2.05) is 49.4 Å². The molecule has 3 aromatic rings. The molecule has 1 atom stereocenters. The van der Waals surface area contributed by atoms with Gasteiger partial charge in [-0.15, -0.1) is 0 Å². The van der Waals surface area contributed by atoms with Crippen LogP contribution in [0.5, 0.6) is 0 Å². The number of nitrogens with zero attached hydrogens (tertiary/aromatic N) is 2. The fraction of sp³-hybridized carbons (Fsp3) is 0.150. The number of rotatable bonds is 2. The molecule has 1 unspecified atom stereocenters. The van der Waals surface area contributed by atoms with Crippen LogP contribution in [0.2, 0.25) is 0 Å². The van der Waals surface area contributed by atoms with Gasteiger partial charge in [0.25, 0.3) is 0 Å². The van der Waals surface area contributed by atoms with Gasteiger partial charge in [0.2, 0.25) is 0 Å². The number of aromatic nitrogens is 1. The predicted molar refractivity (Wildman–Crippen MR) is 98.7 cm³/mol. The van der Waals surface area contributed by atoms with Crippen LogP contribution in [0, 0.1) is 6.92 Å². The standard InChI is InChI=1S/C20H15F3N2S/c1-13-11-19(26-24-13)25-17-8-3-2-5-14(17)9-10-18(25)15-6-4-7-16(12-15)20(21,22)23/h2-12,18H,1H3. The van der Waals surface area contributed by atoms with Crippen LogP contribution in [0.25, 0.3) is 6.08 Å². The normalized spacial score (nSPS) is 16.6. The van der Waals surface area contributed by atoms with Crippen LogP contribution in [0.3, 0.4) is 0 Å². The summed E-state index contributed by atoms with van der Waals surface area (Å²) in [5.41, 5.74) is 2.84. The second-order valence-electron chi connectivity index (χ2n) is 6.16. The molecule has 132 valence electrons. The van der Waals surface area contributed by atoms with Gasteiger partial charge in [-0.2, -0.15) is 17.5 Å². The Hall–Kier alpha value is -2.60. The monoisotopic (exact) mass is 372 g/mol. The Kier molecular flexibility index (Phi) is 4.07. The Morgan fingerprint density at radius 3 is 2.58 bits per heavy atom. The number of aryl methyl sites for hydroxylation is 1. The van der Waals surface area contributed by atoms with Crippen LogP contribution in [0.1, 0.15) is 28.4 Å². The van der Waals surface area contributed by atoms with E-state index in [0.717, 1.165) is 28.0 Å². The highest BCUT2D eigenvalue weighted by Gasteiger charge is 2.32. The summed E-state index contributed by atoms with van der Waals surface area (Å²) in [5.74, 6) is 0. The SMILES string of the molecule is Cc1cc(N2c3ccccc3C=CC2c2cccc(C(F)(F)F)c2)sn1. The third-order valence-corrected chi connectivity index (χ3v) is 5.22. The number of halogens is 3. The van der Waals surface area contributed by atoms with E-state index >= 15 is 0 Å². The highest BCUT2D eigenvalue weighted by Crippen LogP contribution is 2.44. The quantitative estimate of drug-likeness (QED) is 0.519. The minimum absolute atomic E-state index is 0.327. The van der Waals surface area contributed by atoms with Crippen molar-refractivity contribution in [2.24, 2.45) is 0 Å². The lowest BCUT2D eigenvalue weighted by Gasteiger charge is -2.35. The van der Waals surface area contributed by atoms with Crippen molar-refractivity contribution in [1.82, 2.24) is 4.37 Å². The third-order valence-electron chi connectivity index (χ3n) is 4.34. The maximum Gasteiger partial charge on any atom is 0.416 e. The highest BCUT2D eigenvalue weighted by atomic mass is 32.1. The van der Waals surface area contributed by atoms with Gasteiger partial charge in [-0.25, -0.2) is 0 Å². The van der Waals surface area contributed by atoms with E-state index in [1.54, 1.807) is 6.07 Å². The summed E-state index contributed by atoms with van der Waals surface area (Å²) in [5, 5.41) is 0.904. The molecule has 1 aromatic heterocycles. The number of para-hydroxylation sites is 1. The van der Waals surface area contributed by atoms with Crippen LogP contribution >= 0.6 is 11.5 Å². The number of alkyl halides is 3. The van der Waals surface area contributed by atoms with Crippen molar-refractivity contribution in [2.75, 3.05) is 4.90 Å². The molecule has 0 saturated heterocycles. The lowest BCUT2D eigenvalue weighted by atomic mass is 9.96. The van der Waals surface area contributed by atoms with Gasteiger partial charge >= 0.3 is 6.18 Å². The molecular weight excluding hydrogens is 357 g/mol. The maximum absolute atomic E-state index is 13.2. The van der Waals surface area contributed by atoms with Crippen molar-refractivity contribution in [3.8, 4) is 0 Å². The molecule has 0 aliphatic carbocycles. The molecule has 0 saturated carbocycles. The highest BCUT2D eigenvalue weighted by molar-refractivity contribution is 7.10. The van der Waals surface area contributed by atoms with Crippen molar-refractivity contribution in [1.29, 1.82) is 0 Å². The van der Waals surface area contributed by atoms with Crippen molar-refractivity contribution < 1.29 is 13.2 Å². The van der Waals surface area contributed by atoms with Crippen molar-refractivity contribution in [3.63, 3.8) is 0 Å². The number of fused-ring (bicyclic) bond motifs is 1. The molecular formula is C20H15F3N2S. The van der Waals surface area contributed by atoms with Crippen LogP contribution in [0.4, 0.5) is 23.9 Å². The molecule has 0 amide bonds. The van der Waals surface area contributed by atoms with Gasteiger partial charge in [0, 0.05) is 5.69 Å². The summed E-state index contributed by atoms with van der Waals surface area (Å²) in [6.45, 7) is 1.91. The molecule has 0 N–H and O–H groups in total. The van der Waals surface area contributed by atoms with Crippen LogP contribution < -0.4 is 4.90 Å². The molecule has 0 fully saturated rings. The molecule has 2 heterocycles. The first-order chi connectivity index (χ1) is 12.4. The number of anilines is 2. The molecule has 6 heteroatoms. The summed E-state index contributed by atoms with van der Waals surface area (Å²) in [7, 11) is 0. The average Bonchev–Trinajstić information content (AvgIpc) is 3.06. The first-order valence-corrected chi connectivity index (χ1v) is 8.88. The first kappa shape index (κ1) is 16.8. The Labute approximate surface area is 153 Å². The fourth-order valence-corrected chi connectivity index (χ4v) is 3.97. The molecule has 4 rings (SSSR count). The van der Waals surface area contributed by atoms with Crippen molar-refractivity contribution >= 4 is 28.3 Å². The molecule has 2 aromatic carbocycles. The fourth-order valence-electron chi connectivity index (χ4n) is 3.16. The zero-order valence-electron chi connectivity index (χ0n) is 13.9. The molecule has 1 aliphatic rings. The predicted octanol–water partition coefficient (Wildman–Crippen LogP) is 6.38. The summed E-state index contributed by atoms with van der Waals surface area (Å²) < 4.78 is 43.8. The van der Waals surface area contributed by atoms with E-state index in [9.17, 15) is 13.2 Å². The molecule has 0 bridgehead atoms. The first-order valence-electron chi connectivity index (χ1n) is 8.10. The number of benzene rings is 2. The molecule has 0 radical (unpaired) electrons. The second kappa shape index (κ2) is 6.29. The van der Waals surface area contributed by atoms with Gasteiger partial charge in [-0.1, -0.05) is 42.5 Å². The zero-order valence-corrected chi connectivity index (χ0v) is 14.7. The minimum Gasteiger partial charge on any atom is -0.320 e. The van der Waals surface area contributed by atoms with Gasteiger partial charge in [-0.05, 0) is 53.8 Å². The van der Waals surface area contributed by atoms with Gasteiger partial charge < -0.3 is 4.90 Å². The largest absolute Gasteiger partial charge is 0.416 e. The Bertz CT molecular complexity index is 975.